The number of hydrogen-bond donors (Lipinski definition) is 2. The van der Waals surface area contributed by atoms with Gasteiger partial charge in [0.15, 0.2) is 5.75 Å². The number of nitrogens with one attached hydrogen (secondary N) is 1. The topological polar surface area (TPSA) is 143 Å². The molecule has 0 fully saturated rings. The van der Waals surface area contributed by atoms with Gasteiger partial charge in [-0.2, -0.15) is 4.98 Å². The molecule has 0 aliphatic carbocycles. The minimum atomic E-state index is -2.08. The van der Waals surface area contributed by atoms with E-state index < -0.39 is 17.3 Å². The SMILES string of the molecule is COc1ccc2[nH]c([S+]([O-])Cc3ncc(C)c(OC)c3C)nc2c1.O=C([O-])O.[Na+]. The van der Waals surface area contributed by atoms with Gasteiger partial charge in [-0.3, -0.25) is 9.97 Å². The van der Waals surface area contributed by atoms with Crippen molar-refractivity contribution < 1.29 is 58.6 Å². The van der Waals surface area contributed by atoms with E-state index in [1.807, 2.05) is 32.0 Å². The zero-order valence-corrected chi connectivity index (χ0v) is 19.6. The van der Waals surface area contributed by atoms with E-state index >= 15 is 0 Å². The molecule has 29 heavy (non-hydrogen) atoms. The molecule has 0 saturated heterocycles. The van der Waals surface area contributed by atoms with Crippen molar-refractivity contribution >= 4 is 28.4 Å². The van der Waals surface area contributed by atoms with Crippen molar-refractivity contribution in [3.8, 4) is 11.5 Å². The Labute approximate surface area is 192 Å². The van der Waals surface area contributed by atoms with Gasteiger partial charge in [0.25, 0.3) is 0 Å². The zero-order valence-electron chi connectivity index (χ0n) is 16.8. The summed E-state index contributed by atoms with van der Waals surface area (Å²) in [6.45, 7) is 3.86. The van der Waals surface area contributed by atoms with Gasteiger partial charge in [0.2, 0.25) is 6.16 Å². The molecule has 0 radical (unpaired) electrons. The molecule has 0 amide bonds. The van der Waals surface area contributed by atoms with E-state index in [1.54, 1.807) is 20.4 Å². The summed E-state index contributed by atoms with van der Waals surface area (Å²) in [7, 11) is 3.23. The summed E-state index contributed by atoms with van der Waals surface area (Å²) in [4.78, 5) is 20.4. The largest absolute Gasteiger partial charge is 1.00 e. The molecule has 9 nitrogen and oxygen atoms in total. The number of ether oxygens (including phenoxy) is 2. The fourth-order valence-corrected chi connectivity index (χ4v) is 3.71. The van der Waals surface area contributed by atoms with E-state index in [0.717, 1.165) is 33.6 Å². The van der Waals surface area contributed by atoms with Crippen LogP contribution in [0.4, 0.5) is 4.79 Å². The number of carboxylic acid groups (broad SMARTS) is 2. The van der Waals surface area contributed by atoms with E-state index in [9.17, 15) is 4.55 Å². The van der Waals surface area contributed by atoms with Crippen molar-refractivity contribution in [1.82, 2.24) is 15.0 Å². The predicted molar refractivity (Wildman–Crippen MR) is 101 cm³/mol. The van der Waals surface area contributed by atoms with Gasteiger partial charge in [0.05, 0.1) is 30.9 Å². The van der Waals surface area contributed by atoms with Gasteiger partial charge in [-0.25, -0.2) is 0 Å². The first-order valence-electron chi connectivity index (χ1n) is 8.08. The van der Waals surface area contributed by atoms with Crippen LogP contribution in [0.3, 0.4) is 0 Å². The first kappa shape index (κ1) is 25.1. The third kappa shape index (κ3) is 6.51. The fraction of sp³-hybridized carbons (Fsp3) is 0.278. The van der Waals surface area contributed by atoms with Crippen LogP contribution < -0.4 is 44.1 Å². The van der Waals surface area contributed by atoms with E-state index in [4.69, 9.17) is 24.5 Å². The van der Waals surface area contributed by atoms with Gasteiger partial charge in [-0.05, 0) is 26.0 Å². The Morgan fingerprint density at radius 1 is 1.28 bits per heavy atom. The van der Waals surface area contributed by atoms with Crippen LogP contribution in [-0.4, -0.2) is 45.0 Å². The first-order valence-corrected chi connectivity index (χ1v) is 9.39. The molecule has 0 spiro atoms. The Morgan fingerprint density at radius 2 is 1.93 bits per heavy atom. The average molecular weight is 429 g/mol. The molecule has 0 aliphatic rings. The Bertz CT molecular complexity index is 978. The summed E-state index contributed by atoms with van der Waals surface area (Å²) < 4.78 is 23.3. The molecule has 0 bridgehead atoms. The summed E-state index contributed by atoms with van der Waals surface area (Å²) in [5.41, 5.74) is 4.16. The summed E-state index contributed by atoms with van der Waals surface area (Å²) >= 11 is -1.33. The molecule has 2 N–H and O–H groups in total. The van der Waals surface area contributed by atoms with Gasteiger partial charge in [0, 0.05) is 34.6 Å². The fourth-order valence-electron chi connectivity index (χ4n) is 2.61. The van der Waals surface area contributed by atoms with Crippen LogP contribution in [0, 0.1) is 13.8 Å². The van der Waals surface area contributed by atoms with Crippen molar-refractivity contribution in [3.63, 3.8) is 0 Å². The molecule has 0 saturated carbocycles. The Hall–Kier alpha value is -1.98. The number of fused-ring (bicyclic) bond motifs is 1. The van der Waals surface area contributed by atoms with Crippen LogP contribution in [0.5, 0.6) is 11.5 Å². The van der Waals surface area contributed by atoms with Gasteiger partial charge in [-0.1, -0.05) is 0 Å². The van der Waals surface area contributed by atoms with Crippen LogP contribution >= 0.6 is 0 Å². The van der Waals surface area contributed by atoms with Crippen LogP contribution in [0.25, 0.3) is 11.0 Å². The quantitative estimate of drug-likeness (QED) is 0.380. The van der Waals surface area contributed by atoms with E-state index in [0.29, 0.717) is 10.9 Å². The molecule has 0 aliphatic heterocycles. The minimum Gasteiger partial charge on any atom is -0.609 e. The van der Waals surface area contributed by atoms with Crippen LogP contribution in [0.2, 0.25) is 0 Å². The summed E-state index contributed by atoms with van der Waals surface area (Å²) in [6, 6.07) is 5.51. The normalized spacial score (nSPS) is 11.1. The number of aryl methyl sites for hydroxylation is 1. The third-order valence-electron chi connectivity index (χ3n) is 3.90. The molecule has 2 heterocycles. The number of imidazole rings is 1. The number of carbonyl (C=O) groups is 1. The van der Waals surface area contributed by atoms with Crippen molar-refractivity contribution in [1.29, 1.82) is 0 Å². The van der Waals surface area contributed by atoms with E-state index in [-0.39, 0.29) is 35.3 Å². The van der Waals surface area contributed by atoms with Crippen molar-refractivity contribution in [3.05, 3.63) is 41.2 Å². The number of hydrogen-bond acceptors (Lipinski definition) is 7. The number of benzene rings is 1. The maximum Gasteiger partial charge on any atom is 1.00 e. The summed E-state index contributed by atoms with van der Waals surface area (Å²) in [6.07, 6.45) is -0.345. The second kappa shape index (κ2) is 11.3. The Balaban J connectivity index is 0.000000771. The Morgan fingerprint density at radius 3 is 2.52 bits per heavy atom. The summed E-state index contributed by atoms with van der Waals surface area (Å²) in [5, 5.41) is 15.7. The van der Waals surface area contributed by atoms with Gasteiger partial charge < -0.3 is 29.0 Å². The van der Waals surface area contributed by atoms with Gasteiger partial charge >= 0.3 is 34.7 Å². The van der Waals surface area contributed by atoms with E-state index in [2.05, 4.69) is 15.0 Å². The van der Waals surface area contributed by atoms with Crippen LogP contribution in [-0.2, 0) is 16.9 Å². The number of aromatic amines is 1. The van der Waals surface area contributed by atoms with Crippen molar-refractivity contribution in [2.75, 3.05) is 14.2 Å². The molecule has 11 heteroatoms. The maximum atomic E-state index is 12.7. The smallest absolute Gasteiger partial charge is 0.609 e. The zero-order chi connectivity index (χ0) is 20.8. The number of methoxy groups -OCH3 is 2. The molecular formula is C18H20N3NaO6S. The van der Waals surface area contributed by atoms with Gasteiger partial charge in [0.1, 0.15) is 11.5 Å². The molecule has 3 rings (SSSR count). The van der Waals surface area contributed by atoms with E-state index in [1.165, 1.54) is 0 Å². The standard InChI is InChI=1S/C17H19N3O3S.CH2O3.Na/c1-10-8-18-15(11(2)16(10)23-4)9-24(21)17-19-13-6-5-12(22-3)7-14(13)20-17;2-1(3)4;/h5-8H,9H2,1-4H3,(H,19,20);(H2,2,3,4);/q;;+1/p-1. The predicted octanol–water partition coefficient (Wildman–Crippen LogP) is -1.21. The minimum absolute atomic E-state index is 0. The second-order valence-electron chi connectivity index (χ2n) is 5.73. The van der Waals surface area contributed by atoms with Crippen molar-refractivity contribution in [2.24, 2.45) is 0 Å². The number of nitrogens with zero attached hydrogens (tertiary/aromatic N) is 2. The molecule has 1 unspecified atom stereocenters. The van der Waals surface area contributed by atoms with Gasteiger partial charge in [-0.15, -0.1) is 0 Å². The molecular weight excluding hydrogens is 409 g/mol. The average Bonchev–Trinajstić information content (AvgIpc) is 3.07. The van der Waals surface area contributed by atoms with Crippen LogP contribution in [0.15, 0.2) is 29.6 Å². The number of H-pyrrole nitrogens is 1. The molecule has 2 aromatic heterocycles. The summed E-state index contributed by atoms with van der Waals surface area (Å²) in [5.74, 6) is 1.78. The second-order valence-corrected chi connectivity index (χ2v) is 7.09. The van der Waals surface area contributed by atoms with Crippen LogP contribution in [0.1, 0.15) is 16.8 Å². The molecule has 150 valence electrons. The van der Waals surface area contributed by atoms with Crippen molar-refractivity contribution in [2.45, 2.75) is 24.8 Å². The number of aromatic nitrogens is 3. The third-order valence-corrected chi connectivity index (χ3v) is 5.06. The molecule has 3 aromatic rings. The molecule has 1 atom stereocenters. The number of rotatable bonds is 5. The molecule has 1 aromatic carbocycles. The first-order chi connectivity index (χ1) is 13.3. The number of pyridine rings is 1. The maximum absolute atomic E-state index is 12.7. The monoisotopic (exact) mass is 429 g/mol. The Kier molecular flexibility index (Phi) is 9.74.